The Kier molecular flexibility index (Phi) is 5.34. The van der Waals surface area contributed by atoms with Crippen LogP contribution in [0.5, 0.6) is 5.75 Å². The van der Waals surface area contributed by atoms with Crippen molar-refractivity contribution < 1.29 is 9.22 Å². The van der Waals surface area contributed by atoms with Crippen molar-refractivity contribution >= 4 is 20.2 Å². The van der Waals surface area contributed by atoms with Crippen molar-refractivity contribution in [2.75, 3.05) is 0 Å². The monoisotopic (exact) mass is 290 g/mol. The van der Waals surface area contributed by atoms with Crippen LogP contribution in [0, 0.1) is 0 Å². The third kappa shape index (κ3) is 4.07. The fourth-order valence-corrected chi connectivity index (χ4v) is 2.73. The van der Waals surface area contributed by atoms with Crippen molar-refractivity contribution in [3.05, 3.63) is 35.9 Å². The summed E-state index contributed by atoms with van der Waals surface area (Å²) >= 11 is 0. The third-order valence-corrected chi connectivity index (χ3v) is 8.39. The summed E-state index contributed by atoms with van der Waals surface area (Å²) in [6.45, 7) is 13.2. The average Bonchev–Trinajstić information content (AvgIpc) is 2.34. The van der Waals surface area contributed by atoms with Crippen molar-refractivity contribution in [3.63, 3.8) is 0 Å². The summed E-state index contributed by atoms with van der Waals surface area (Å²) in [6.07, 6.45) is 3.31. The second kappa shape index (κ2) is 6.40. The van der Waals surface area contributed by atoms with Gasteiger partial charge in [-0.25, -0.2) is 0 Å². The highest BCUT2D eigenvalue weighted by Gasteiger charge is 2.38. The van der Waals surface area contributed by atoms with E-state index in [0.29, 0.717) is 0 Å². The van der Waals surface area contributed by atoms with Gasteiger partial charge in [0.15, 0.2) is 0 Å². The molecule has 0 aliphatic heterocycles. The molecule has 0 saturated heterocycles. The van der Waals surface area contributed by atoms with Crippen LogP contribution in [-0.4, -0.2) is 14.6 Å². The highest BCUT2D eigenvalue weighted by atomic mass is 28.4. The van der Waals surface area contributed by atoms with Crippen LogP contribution >= 0.6 is 0 Å². The first kappa shape index (κ1) is 16.7. The lowest BCUT2D eigenvalue weighted by atomic mass is 10.0. The van der Waals surface area contributed by atoms with Crippen molar-refractivity contribution in [2.24, 2.45) is 0 Å². The fourth-order valence-electron chi connectivity index (χ4n) is 1.71. The minimum atomic E-state index is -1.82. The molecule has 0 radical (unpaired) electrons. The van der Waals surface area contributed by atoms with Gasteiger partial charge in [0, 0.05) is 0 Å². The second-order valence-electron chi connectivity index (χ2n) is 6.57. The largest absolute Gasteiger partial charge is 0.543 e. The molecule has 20 heavy (non-hydrogen) atoms. The van der Waals surface area contributed by atoms with Gasteiger partial charge in [-0.05, 0) is 53.9 Å². The predicted octanol–water partition coefficient (Wildman–Crippen LogP) is 5.06. The van der Waals surface area contributed by atoms with E-state index in [0.717, 1.165) is 29.6 Å². The van der Waals surface area contributed by atoms with Crippen LogP contribution in [0.25, 0.3) is 5.57 Å². The normalized spacial score (nSPS) is 13.2. The number of hydrogen-bond acceptors (Lipinski definition) is 2. The molecular formula is C17H26O2Si. The minimum absolute atomic E-state index is 0.176. The molecule has 0 saturated carbocycles. The third-order valence-electron chi connectivity index (χ3n) is 4.03. The van der Waals surface area contributed by atoms with Crippen molar-refractivity contribution in [3.8, 4) is 5.75 Å². The van der Waals surface area contributed by atoms with E-state index in [1.807, 2.05) is 24.3 Å². The Morgan fingerprint density at radius 2 is 1.95 bits per heavy atom. The van der Waals surface area contributed by atoms with E-state index < -0.39 is 8.32 Å². The fraction of sp³-hybridized carbons (Fsp3) is 0.471. The zero-order chi connectivity index (χ0) is 15.4. The number of carbonyl (C=O) groups excluding carboxylic acids is 1. The Morgan fingerprint density at radius 1 is 1.30 bits per heavy atom. The standard InChI is InChI=1S/C17H26O2Si/c1-7-14(11-12-18)15-9-8-10-16(13-15)19-20(5,6)17(2,3)4/h8-13H,7H2,1-6H3/b14-11-. The molecule has 1 aromatic carbocycles. The van der Waals surface area contributed by atoms with Gasteiger partial charge in [0.1, 0.15) is 12.0 Å². The molecule has 0 aromatic heterocycles. The van der Waals surface area contributed by atoms with Gasteiger partial charge in [-0.1, -0.05) is 39.8 Å². The molecule has 0 heterocycles. The van der Waals surface area contributed by atoms with E-state index in [4.69, 9.17) is 4.43 Å². The maximum atomic E-state index is 10.7. The molecule has 0 bridgehead atoms. The summed E-state index contributed by atoms with van der Waals surface area (Å²) in [5.74, 6) is 0.902. The molecule has 0 spiro atoms. The van der Waals surface area contributed by atoms with Crippen LogP contribution in [0.3, 0.4) is 0 Å². The van der Waals surface area contributed by atoms with Gasteiger partial charge >= 0.3 is 0 Å². The van der Waals surface area contributed by atoms with Crippen LogP contribution in [0.1, 0.15) is 39.7 Å². The summed E-state index contributed by atoms with van der Waals surface area (Å²) < 4.78 is 6.30. The highest BCUT2D eigenvalue weighted by molar-refractivity contribution is 6.74. The lowest BCUT2D eigenvalue weighted by Gasteiger charge is -2.36. The maximum absolute atomic E-state index is 10.7. The van der Waals surface area contributed by atoms with E-state index in [1.165, 1.54) is 0 Å². The molecule has 3 heteroatoms. The Hall–Kier alpha value is -1.35. The first-order valence-electron chi connectivity index (χ1n) is 7.15. The number of hydrogen-bond donors (Lipinski definition) is 0. The Labute approximate surface area is 124 Å². The predicted molar refractivity (Wildman–Crippen MR) is 88.6 cm³/mol. The number of aldehydes is 1. The molecule has 2 nitrogen and oxygen atoms in total. The summed E-state index contributed by atoms with van der Waals surface area (Å²) in [5.41, 5.74) is 2.11. The molecule has 0 aliphatic rings. The number of carbonyl (C=O) groups is 1. The molecular weight excluding hydrogens is 264 g/mol. The first-order valence-corrected chi connectivity index (χ1v) is 10.1. The van der Waals surface area contributed by atoms with Crippen molar-refractivity contribution in [1.82, 2.24) is 0 Å². The minimum Gasteiger partial charge on any atom is -0.543 e. The van der Waals surface area contributed by atoms with E-state index >= 15 is 0 Å². The van der Waals surface area contributed by atoms with Crippen molar-refractivity contribution in [1.29, 1.82) is 0 Å². The van der Waals surface area contributed by atoms with Crippen LogP contribution in [0.2, 0.25) is 18.1 Å². The Bertz CT molecular complexity index is 496. The smallest absolute Gasteiger partial charge is 0.250 e. The summed E-state index contributed by atoms with van der Waals surface area (Å²) in [4.78, 5) is 10.7. The molecule has 1 rings (SSSR count). The lowest BCUT2D eigenvalue weighted by molar-refractivity contribution is -0.104. The average molecular weight is 290 g/mol. The van der Waals surface area contributed by atoms with Gasteiger partial charge in [-0.15, -0.1) is 0 Å². The quantitative estimate of drug-likeness (QED) is 0.430. The lowest BCUT2D eigenvalue weighted by Crippen LogP contribution is -2.43. The van der Waals surface area contributed by atoms with Crippen molar-refractivity contribution in [2.45, 2.75) is 52.2 Å². The summed E-state index contributed by atoms with van der Waals surface area (Å²) in [6, 6.07) is 8.06. The summed E-state index contributed by atoms with van der Waals surface area (Å²) in [5, 5.41) is 0.176. The van der Waals surface area contributed by atoms with Crippen LogP contribution in [-0.2, 0) is 4.79 Å². The van der Waals surface area contributed by atoms with E-state index in [2.05, 4.69) is 40.8 Å². The molecule has 0 fully saturated rings. The SMILES string of the molecule is CC/C(=C/C=O)c1cccc(O[Si](C)(C)C(C)(C)C)c1. The van der Waals surface area contributed by atoms with Gasteiger partial charge in [0.25, 0.3) is 0 Å². The Morgan fingerprint density at radius 3 is 2.45 bits per heavy atom. The molecule has 0 atom stereocenters. The number of allylic oxidation sites excluding steroid dienone is 2. The van der Waals surface area contributed by atoms with Gasteiger partial charge in [0.2, 0.25) is 8.32 Å². The van der Waals surface area contributed by atoms with Gasteiger partial charge in [-0.2, -0.15) is 0 Å². The number of rotatable bonds is 5. The molecule has 110 valence electrons. The zero-order valence-electron chi connectivity index (χ0n) is 13.5. The van der Waals surface area contributed by atoms with Crippen LogP contribution in [0.15, 0.2) is 30.3 Å². The Balaban J connectivity index is 3.06. The van der Waals surface area contributed by atoms with E-state index in [-0.39, 0.29) is 5.04 Å². The maximum Gasteiger partial charge on any atom is 0.250 e. The summed E-state index contributed by atoms with van der Waals surface area (Å²) in [7, 11) is -1.82. The topological polar surface area (TPSA) is 26.3 Å². The highest BCUT2D eigenvalue weighted by Crippen LogP contribution is 2.37. The molecule has 0 N–H and O–H groups in total. The van der Waals surface area contributed by atoms with Crippen LogP contribution in [0.4, 0.5) is 0 Å². The van der Waals surface area contributed by atoms with Gasteiger partial charge in [-0.3, -0.25) is 4.79 Å². The van der Waals surface area contributed by atoms with Crippen LogP contribution < -0.4 is 4.43 Å². The second-order valence-corrected chi connectivity index (χ2v) is 11.3. The van der Waals surface area contributed by atoms with E-state index in [1.54, 1.807) is 6.08 Å². The van der Waals surface area contributed by atoms with Gasteiger partial charge < -0.3 is 4.43 Å². The molecule has 0 aliphatic carbocycles. The van der Waals surface area contributed by atoms with E-state index in [9.17, 15) is 4.79 Å². The molecule has 1 aromatic rings. The van der Waals surface area contributed by atoms with Gasteiger partial charge in [0.05, 0.1) is 0 Å². The first-order chi connectivity index (χ1) is 9.21. The zero-order valence-corrected chi connectivity index (χ0v) is 14.5. The molecule has 0 amide bonds. The molecule has 0 unspecified atom stereocenters. The number of benzene rings is 1.